The molecule has 2 aromatic rings. The van der Waals surface area contributed by atoms with Crippen molar-refractivity contribution >= 4 is 29.6 Å². The van der Waals surface area contributed by atoms with Crippen molar-refractivity contribution in [3.8, 4) is 0 Å². The summed E-state index contributed by atoms with van der Waals surface area (Å²) in [6.07, 6.45) is 1.35. The number of ether oxygens (including phenoxy) is 1. The van der Waals surface area contributed by atoms with Gasteiger partial charge in [-0.15, -0.1) is 0 Å². The number of halogens is 3. The van der Waals surface area contributed by atoms with Gasteiger partial charge in [0.25, 0.3) is 0 Å². The van der Waals surface area contributed by atoms with Crippen LogP contribution in [0.4, 0.5) is 13.2 Å². The van der Waals surface area contributed by atoms with Crippen LogP contribution in [-0.4, -0.2) is 33.6 Å². The Balaban J connectivity index is 2.30. The number of rotatable bonds is 3. The Labute approximate surface area is 142 Å². The maximum absolute atomic E-state index is 13.6. The zero-order valence-corrected chi connectivity index (χ0v) is 13.6. The van der Waals surface area contributed by atoms with Gasteiger partial charge in [-0.1, -0.05) is 12.2 Å². The first-order valence-corrected chi connectivity index (χ1v) is 8.06. The second-order valence-corrected chi connectivity index (χ2v) is 5.97. The number of allylic oxidation sites excluding steroid dienone is 1. The van der Waals surface area contributed by atoms with Crippen molar-refractivity contribution in [2.24, 2.45) is 0 Å². The van der Waals surface area contributed by atoms with Gasteiger partial charge in [0.15, 0.2) is 6.23 Å². The fraction of sp³-hybridized carbons (Fsp3) is 0.438. The minimum Gasteiger partial charge on any atom is -0.423 e. The summed E-state index contributed by atoms with van der Waals surface area (Å²) in [6.45, 7) is 2.08. The summed E-state index contributed by atoms with van der Waals surface area (Å²) >= 11 is 0. The average molecular weight is 354 g/mol. The van der Waals surface area contributed by atoms with E-state index in [2.05, 4.69) is 5.10 Å². The third kappa shape index (κ3) is 3.31. The molecule has 1 aromatic heterocycles. The maximum atomic E-state index is 13.6. The van der Waals surface area contributed by atoms with Crippen molar-refractivity contribution in [1.29, 1.82) is 0 Å². The molecule has 1 saturated heterocycles. The molecule has 2 N–H and O–H groups in total. The molecule has 3 rings (SSSR count). The first-order valence-electron chi connectivity index (χ1n) is 8.06. The van der Waals surface area contributed by atoms with Crippen molar-refractivity contribution in [3.63, 3.8) is 0 Å². The van der Waals surface area contributed by atoms with Gasteiger partial charge in [0.2, 0.25) is 0 Å². The summed E-state index contributed by atoms with van der Waals surface area (Å²) in [5.74, 6) is 0. The van der Waals surface area contributed by atoms with Crippen LogP contribution in [0.25, 0.3) is 17.0 Å². The van der Waals surface area contributed by atoms with E-state index >= 15 is 0 Å². The lowest BCUT2D eigenvalue weighted by atomic mass is 9.73. The smallest absolute Gasteiger partial charge is 0.423 e. The molecule has 134 valence electrons. The molecule has 1 aliphatic rings. The van der Waals surface area contributed by atoms with Crippen LogP contribution in [0, 0.1) is 0 Å². The lowest BCUT2D eigenvalue weighted by molar-refractivity contribution is -0.137. The molecule has 1 fully saturated rings. The van der Waals surface area contributed by atoms with Crippen LogP contribution < -0.4 is 5.46 Å². The molecule has 2 heterocycles. The number of aromatic nitrogens is 2. The summed E-state index contributed by atoms with van der Waals surface area (Å²) in [5, 5.41) is 23.9. The highest BCUT2D eigenvalue weighted by molar-refractivity contribution is 6.63. The van der Waals surface area contributed by atoms with E-state index in [1.165, 1.54) is 23.0 Å². The van der Waals surface area contributed by atoms with Crippen molar-refractivity contribution in [1.82, 2.24) is 9.78 Å². The Bertz CT molecular complexity index is 796. The van der Waals surface area contributed by atoms with Gasteiger partial charge in [-0.25, -0.2) is 4.68 Å². The Morgan fingerprint density at radius 3 is 2.68 bits per heavy atom. The first-order chi connectivity index (χ1) is 11.8. The van der Waals surface area contributed by atoms with Crippen molar-refractivity contribution < 1.29 is 28.0 Å². The topological polar surface area (TPSA) is 67.5 Å². The SMILES string of the molecule is C/C=C\c1c(C(F)(F)F)cc2c(cnn2C2CCCCO2)c1B(O)O. The van der Waals surface area contributed by atoms with Gasteiger partial charge < -0.3 is 14.8 Å². The number of benzene rings is 1. The molecular weight excluding hydrogens is 336 g/mol. The van der Waals surface area contributed by atoms with Gasteiger partial charge in [-0.05, 0) is 37.8 Å². The molecule has 0 spiro atoms. The van der Waals surface area contributed by atoms with Gasteiger partial charge in [0.05, 0.1) is 17.3 Å². The Morgan fingerprint density at radius 1 is 1.36 bits per heavy atom. The van der Waals surface area contributed by atoms with Crippen LogP contribution in [0.5, 0.6) is 0 Å². The normalized spacial score (nSPS) is 19.0. The molecule has 9 heteroatoms. The number of alkyl halides is 3. The molecule has 0 aliphatic carbocycles. The monoisotopic (exact) mass is 354 g/mol. The molecule has 5 nitrogen and oxygen atoms in total. The molecule has 0 amide bonds. The zero-order chi connectivity index (χ0) is 18.2. The maximum Gasteiger partial charge on any atom is 0.489 e. The van der Waals surface area contributed by atoms with Crippen LogP contribution in [0.3, 0.4) is 0 Å². The van der Waals surface area contributed by atoms with E-state index in [0.29, 0.717) is 13.0 Å². The predicted molar refractivity (Wildman–Crippen MR) is 88.1 cm³/mol. The molecule has 1 aliphatic heterocycles. The Kier molecular flexibility index (Phi) is 4.90. The lowest BCUT2D eigenvalue weighted by Crippen LogP contribution is -2.34. The van der Waals surface area contributed by atoms with E-state index in [9.17, 15) is 23.2 Å². The third-order valence-electron chi connectivity index (χ3n) is 4.31. The van der Waals surface area contributed by atoms with Crippen LogP contribution >= 0.6 is 0 Å². The van der Waals surface area contributed by atoms with E-state index < -0.39 is 25.1 Å². The lowest BCUT2D eigenvalue weighted by Gasteiger charge is -2.24. The van der Waals surface area contributed by atoms with E-state index in [1.54, 1.807) is 6.92 Å². The summed E-state index contributed by atoms with van der Waals surface area (Å²) in [6, 6.07) is 1.00. The number of hydrogen-bond acceptors (Lipinski definition) is 4. The minimum atomic E-state index is -4.64. The largest absolute Gasteiger partial charge is 0.489 e. The van der Waals surface area contributed by atoms with Crippen LogP contribution in [-0.2, 0) is 10.9 Å². The van der Waals surface area contributed by atoms with Crippen molar-refractivity contribution in [2.75, 3.05) is 6.61 Å². The highest BCUT2D eigenvalue weighted by atomic mass is 19.4. The van der Waals surface area contributed by atoms with Crippen molar-refractivity contribution in [3.05, 3.63) is 29.5 Å². The second kappa shape index (κ2) is 6.82. The Hall–Kier alpha value is -1.84. The van der Waals surface area contributed by atoms with E-state index in [0.717, 1.165) is 18.9 Å². The Morgan fingerprint density at radius 2 is 2.12 bits per heavy atom. The minimum absolute atomic E-state index is 0.176. The molecule has 0 saturated carbocycles. The molecule has 25 heavy (non-hydrogen) atoms. The fourth-order valence-electron chi connectivity index (χ4n) is 3.23. The number of hydrogen-bond donors (Lipinski definition) is 2. The quantitative estimate of drug-likeness (QED) is 0.831. The fourth-order valence-corrected chi connectivity index (χ4v) is 3.23. The predicted octanol–water partition coefficient (Wildman–Crippen LogP) is 2.47. The molecule has 1 atom stereocenters. The highest BCUT2D eigenvalue weighted by Gasteiger charge is 2.37. The highest BCUT2D eigenvalue weighted by Crippen LogP contribution is 2.36. The third-order valence-corrected chi connectivity index (χ3v) is 4.31. The van der Waals surface area contributed by atoms with Crippen LogP contribution in [0.15, 0.2) is 18.3 Å². The summed E-state index contributed by atoms with van der Waals surface area (Å²) in [4.78, 5) is 0. The number of nitrogens with zero attached hydrogens (tertiary/aromatic N) is 2. The average Bonchev–Trinajstić information content (AvgIpc) is 2.97. The van der Waals surface area contributed by atoms with Gasteiger partial charge >= 0.3 is 13.3 Å². The molecule has 0 bridgehead atoms. The standard InChI is InChI=1S/C16H18BF3N2O3/c1-2-5-10-12(16(18,19)20)8-13-11(15(10)17(23)24)9-21-22(13)14-6-3-4-7-25-14/h2,5,8-9,14,23-24H,3-4,6-7H2,1H3/b5-2-. The summed E-state index contributed by atoms with van der Waals surface area (Å²) in [5.41, 5.74) is -1.22. The molecule has 1 aromatic carbocycles. The molecule has 1 unspecified atom stereocenters. The van der Waals surface area contributed by atoms with Gasteiger partial charge in [-0.2, -0.15) is 18.3 Å². The van der Waals surface area contributed by atoms with Crippen LogP contribution in [0.1, 0.15) is 43.5 Å². The van der Waals surface area contributed by atoms with Gasteiger partial charge in [-0.3, -0.25) is 0 Å². The van der Waals surface area contributed by atoms with Crippen LogP contribution in [0.2, 0.25) is 0 Å². The second-order valence-electron chi connectivity index (χ2n) is 5.97. The zero-order valence-electron chi connectivity index (χ0n) is 13.6. The van der Waals surface area contributed by atoms with Gasteiger partial charge in [0.1, 0.15) is 0 Å². The molecular formula is C16H18BF3N2O3. The summed E-state index contributed by atoms with van der Waals surface area (Å²) < 4.78 is 47.7. The molecule has 0 radical (unpaired) electrons. The van der Waals surface area contributed by atoms with Gasteiger partial charge in [0, 0.05) is 17.5 Å². The first kappa shape index (κ1) is 18.0. The van der Waals surface area contributed by atoms with E-state index in [-0.39, 0.29) is 21.9 Å². The van der Waals surface area contributed by atoms with E-state index in [1.807, 2.05) is 0 Å². The number of fused-ring (bicyclic) bond motifs is 1. The van der Waals surface area contributed by atoms with E-state index in [4.69, 9.17) is 4.74 Å². The summed E-state index contributed by atoms with van der Waals surface area (Å²) in [7, 11) is -2.05. The van der Waals surface area contributed by atoms with Crippen molar-refractivity contribution in [2.45, 2.75) is 38.6 Å².